The summed E-state index contributed by atoms with van der Waals surface area (Å²) < 4.78 is 0. The van der Waals surface area contributed by atoms with E-state index < -0.39 is 0 Å². The van der Waals surface area contributed by atoms with Crippen LogP contribution in [0.15, 0.2) is 24.5 Å². The van der Waals surface area contributed by atoms with Crippen LogP contribution >= 0.6 is 0 Å². The van der Waals surface area contributed by atoms with Gasteiger partial charge in [-0.3, -0.25) is 4.98 Å². The smallest absolute Gasteiger partial charge is 0.0791 e. The molecule has 0 aromatic carbocycles. The largest absolute Gasteiger partial charge is 0.388 e. The molecule has 14 heavy (non-hydrogen) atoms. The zero-order chi connectivity index (χ0) is 10.2. The van der Waals surface area contributed by atoms with Gasteiger partial charge < -0.3 is 5.11 Å². The predicted molar refractivity (Wildman–Crippen MR) is 58.0 cm³/mol. The molecule has 0 aliphatic heterocycles. The van der Waals surface area contributed by atoms with Crippen LogP contribution in [0, 0.1) is 0 Å². The normalized spacial score (nSPS) is 12.7. The highest BCUT2D eigenvalue weighted by Gasteiger charge is 2.05. The summed E-state index contributed by atoms with van der Waals surface area (Å²) in [6, 6.07) is 3.76. The first-order valence-corrected chi connectivity index (χ1v) is 5.42. The SMILES string of the molecule is CCCCCCC(O)c1ccncc1. The maximum atomic E-state index is 9.79. The molecule has 0 saturated carbocycles. The summed E-state index contributed by atoms with van der Waals surface area (Å²) in [5.74, 6) is 0. The average molecular weight is 193 g/mol. The van der Waals surface area contributed by atoms with E-state index >= 15 is 0 Å². The number of aromatic nitrogens is 1. The van der Waals surface area contributed by atoms with Crippen molar-refractivity contribution in [2.75, 3.05) is 0 Å². The van der Waals surface area contributed by atoms with Crippen LogP contribution in [-0.2, 0) is 0 Å². The first kappa shape index (κ1) is 11.2. The van der Waals surface area contributed by atoms with E-state index in [-0.39, 0.29) is 6.10 Å². The topological polar surface area (TPSA) is 33.1 Å². The third-order valence-electron chi connectivity index (χ3n) is 2.42. The molecule has 78 valence electrons. The van der Waals surface area contributed by atoms with Crippen molar-refractivity contribution in [2.45, 2.75) is 45.1 Å². The van der Waals surface area contributed by atoms with Crippen molar-refractivity contribution >= 4 is 0 Å². The van der Waals surface area contributed by atoms with Crippen molar-refractivity contribution in [3.8, 4) is 0 Å². The molecule has 1 N–H and O–H groups in total. The molecule has 0 bridgehead atoms. The summed E-state index contributed by atoms with van der Waals surface area (Å²) in [6.07, 6.45) is 8.85. The molecule has 0 aliphatic rings. The Morgan fingerprint density at radius 1 is 1.21 bits per heavy atom. The van der Waals surface area contributed by atoms with Crippen LogP contribution in [0.2, 0.25) is 0 Å². The van der Waals surface area contributed by atoms with Crippen molar-refractivity contribution < 1.29 is 5.11 Å². The van der Waals surface area contributed by atoms with E-state index in [4.69, 9.17) is 0 Å². The van der Waals surface area contributed by atoms with Crippen LogP contribution < -0.4 is 0 Å². The van der Waals surface area contributed by atoms with Crippen LogP contribution in [0.3, 0.4) is 0 Å². The van der Waals surface area contributed by atoms with Gasteiger partial charge in [0, 0.05) is 12.4 Å². The maximum Gasteiger partial charge on any atom is 0.0791 e. The highest BCUT2D eigenvalue weighted by Crippen LogP contribution is 2.18. The molecule has 1 aromatic rings. The molecular weight excluding hydrogens is 174 g/mol. The maximum absolute atomic E-state index is 9.79. The Hall–Kier alpha value is -0.890. The van der Waals surface area contributed by atoms with Crippen LogP contribution in [0.1, 0.15) is 50.7 Å². The number of nitrogens with zero attached hydrogens (tertiary/aromatic N) is 1. The lowest BCUT2D eigenvalue weighted by Gasteiger charge is -2.09. The van der Waals surface area contributed by atoms with E-state index in [0.717, 1.165) is 18.4 Å². The molecule has 0 spiro atoms. The lowest BCUT2D eigenvalue weighted by Crippen LogP contribution is -1.97. The Morgan fingerprint density at radius 3 is 2.57 bits per heavy atom. The zero-order valence-corrected chi connectivity index (χ0v) is 8.82. The first-order chi connectivity index (χ1) is 6.84. The number of pyridine rings is 1. The molecular formula is C12H19NO. The van der Waals surface area contributed by atoms with Crippen molar-refractivity contribution in [1.82, 2.24) is 4.98 Å². The number of hydrogen-bond acceptors (Lipinski definition) is 2. The van der Waals surface area contributed by atoms with Crippen LogP contribution in [0.25, 0.3) is 0 Å². The summed E-state index contributed by atoms with van der Waals surface area (Å²) in [7, 11) is 0. The predicted octanol–water partition coefficient (Wildman–Crippen LogP) is 3.09. The molecule has 1 atom stereocenters. The minimum atomic E-state index is -0.310. The van der Waals surface area contributed by atoms with Gasteiger partial charge in [0.05, 0.1) is 6.10 Å². The van der Waals surface area contributed by atoms with Crippen molar-refractivity contribution in [3.05, 3.63) is 30.1 Å². The number of aliphatic hydroxyl groups excluding tert-OH is 1. The molecule has 1 rings (SSSR count). The number of unbranched alkanes of at least 4 members (excludes halogenated alkanes) is 3. The first-order valence-electron chi connectivity index (χ1n) is 5.42. The van der Waals surface area contributed by atoms with Crippen molar-refractivity contribution in [3.63, 3.8) is 0 Å². The Bertz CT molecular complexity index is 235. The number of aliphatic hydroxyl groups is 1. The summed E-state index contributed by atoms with van der Waals surface area (Å²) in [5.41, 5.74) is 0.983. The highest BCUT2D eigenvalue weighted by atomic mass is 16.3. The standard InChI is InChI=1S/C12H19NO/c1-2-3-4-5-6-12(14)11-7-9-13-10-8-11/h7-10,12,14H,2-6H2,1H3. The molecule has 2 heteroatoms. The van der Waals surface area contributed by atoms with Gasteiger partial charge in [-0.15, -0.1) is 0 Å². The van der Waals surface area contributed by atoms with Gasteiger partial charge in [0.25, 0.3) is 0 Å². The summed E-state index contributed by atoms with van der Waals surface area (Å²) in [6.45, 7) is 2.19. The van der Waals surface area contributed by atoms with Crippen LogP contribution in [0.4, 0.5) is 0 Å². The van der Waals surface area contributed by atoms with Gasteiger partial charge in [-0.2, -0.15) is 0 Å². The lowest BCUT2D eigenvalue weighted by molar-refractivity contribution is 0.163. The fourth-order valence-corrected chi connectivity index (χ4v) is 1.52. The number of hydrogen-bond donors (Lipinski definition) is 1. The zero-order valence-electron chi connectivity index (χ0n) is 8.82. The highest BCUT2D eigenvalue weighted by molar-refractivity contribution is 5.12. The summed E-state index contributed by atoms with van der Waals surface area (Å²) in [4.78, 5) is 3.93. The van der Waals surface area contributed by atoms with Gasteiger partial charge in [0.15, 0.2) is 0 Å². The lowest BCUT2D eigenvalue weighted by atomic mass is 10.0. The van der Waals surface area contributed by atoms with Crippen molar-refractivity contribution in [1.29, 1.82) is 0 Å². The summed E-state index contributed by atoms with van der Waals surface area (Å²) in [5, 5.41) is 9.79. The fraction of sp³-hybridized carbons (Fsp3) is 0.583. The Balaban J connectivity index is 2.25. The molecule has 0 radical (unpaired) electrons. The Labute approximate surface area is 86.0 Å². The molecule has 0 aliphatic carbocycles. The molecule has 0 saturated heterocycles. The van der Waals surface area contributed by atoms with Crippen LogP contribution in [0.5, 0.6) is 0 Å². The fourth-order valence-electron chi connectivity index (χ4n) is 1.52. The number of rotatable bonds is 6. The minimum absolute atomic E-state index is 0.310. The van der Waals surface area contributed by atoms with Gasteiger partial charge >= 0.3 is 0 Å². The van der Waals surface area contributed by atoms with Gasteiger partial charge in [-0.05, 0) is 24.1 Å². The van der Waals surface area contributed by atoms with Crippen LogP contribution in [-0.4, -0.2) is 10.1 Å². The van der Waals surface area contributed by atoms with Gasteiger partial charge in [0.2, 0.25) is 0 Å². The van der Waals surface area contributed by atoms with E-state index in [0.29, 0.717) is 0 Å². The molecule has 1 aromatic heterocycles. The Kier molecular flexibility index (Phi) is 5.23. The van der Waals surface area contributed by atoms with E-state index in [1.807, 2.05) is 12.1 Å². The second kappa shape index (κ2) is 6.55. The molecule has 2 nitrogen and oxygen atoms in total. The van der Waals surface area contributed by atoms with E-state index in [2.05, 4.69) is 11.9 Å². The monoisotopic (exact) mass is 193 g/mol. The Morgan fingerprint density at radius 2 is 1.93 bits per heavy atom. The molecule has 0 fully saturated rings. The van der Waals surface area contributed by atoms with Gasteiger partial charge in [-0.1, -0.05) is 32.6 Å². The third-order valence-corrected chi connectivity index (χ3v) is 2.42. The van der Waals surface area contributed by atoms with E-state index in [9.17, 15) is 5.11 Å². The van der Waals surface area contributed by atoms with Crippen molar-refractivity contribution in [2.24, 2.45) is 0 Å². The van der Waals surface area contributed by atoms with Gasteiger partial charge in [0.1, 0.15) is 0 Å². The second-order valence-corrected chi connectivity index (χ2v) is 3.65. The van der Waals surface area contributed by atoms with Gasteiger partial charge in [-0.25, -0.2) is 0 Å². The second-order valence-electron chi connectivity index (χ2n) is 3.65. The van der Waals surface area contributed by atoms with E-state index in [1.165, 1.54) is 19.3 Å². The minimum Gasteiger partial charge on any atom is -0.388 e. The quantitative estimate of drug-likeness (QED) is 0.704. The van der Waals surface area contributed by atoms with E-state index in [1.54, 1.807) is 12.4 Å². The average Bonchev–Trinajstić information content (AvgIpc) is 2.25. The molecule has 0 amide bonds. The molecule has 1 unspecified atom stereocenters. The third kappa shape index (κ3) is 3.88. The summed E-state index contributed by atoms with van der Waals surface area (Å²) >= 11 is 0. The molecule has 1 heterocycles.